The van der Waals surface area contributed by atoms with Gasteiger partial charge >= 0.3 is 0 Å². The van der Waals surface area contributed by atoms with E-state index in [4.69, 9.17) is 0 Å². The van der Waals surface area contributed by atoms with E-state index < -0.39 is 0 Å². The van der Waals surface area contributed by atoms with E-state index in [1.54, 1.807) is 25.1 Å². The van der Waals surface area contributed by atoms with Gasteiger partial charge in [0, 0.05) is 5.56 Å². The van der Waals surface area contributed by atoms with Crippen molar-refractivity contribution in [1.82, 2.24) is 4.98 Å². The maximum atomic E-state index is 13.6. The van der Waals surface area contributed by atoms with E-state index >= 15 is 0 Å². The molecule has 0 radical (unpaired) electrons. The molecule has 0 unspecified atom stereocenters. The van der Waals surface area contributed by atoms with E-state index in [1.807, 2.05) is 6.92 Å². The lowest BCUT2D eigenvalue weighted by Crippen LogP contribution is -1.91. The van der Waals surface area contributed by atoms with Crippen LogP contribution < -0.4 is 0 Å². The third kappa shape index (κ3) is 1.89. The topological polar surface area (TPSA) is 33.1 Å². The molecule has 1 heterocycles. The van der Waals surface area contributed by atoms with Gasteiger partial charge in [-0.15, -0.1) is 0 Å². The summed E-state index contributed by atoms with van der Waals surface area (Å²) in [4.78, 5) is 4.15. The molecule has 0 saturated heterocycles. The minimum Gasteiger partial charge on any atom is -0.506 e. The van der Waals surface area contributed by atoms with Crippen molar-refractivity contribution in [2.24, 2.45) is 0 Å². The van der Waals surface area contributed by atoms with Gasteiger partial charge in [0.2, 0.25) is 0 Å². The largest absolute Gasteiger partial charge is 0.506 e. The van der Waals surface area contributed by atoms with Crippen LogP contribution in [0, 0.1) is 19.7 Å². The number of aromatic nitrogens is 1. The Morgan fingerprint density at radius 1 is 1.12 bits per heavy atom. The van der Waals surface area contributed by atoms with E-state index in [0.717, 1.165) is 5.56 Å². The Kier molecular flexibility index (Phi) is 2.60. The van der Waals surface area contributed by atoms with Gasteiger partial charge in [0.15, 0.2) is 0 Å². The van der Waals surface area contributed by atoms with Crippen molar-refractivity contribution in [3.05, 3.63) is 47.4 Å². The average molecular weight is 217 g/mol. The number of nitrogens with zero attached hydrogens (tertiary/aromatic N) is 1. The van der Waals surface area contributed by atoms with Crippen LogP contribution in [0.15, 0.2) is 30.3 Å². The highest BCUT2D eigenvalue weighted by molar-refractivity contribution is 5.61. The monoisotopic (exact) mass is 217 g/mol. The van der Waals surface area contributed by atoms with Crippen molar-refractivity contribution in [1.29, 1.82) is 0 Å². The fourth-order valence-electron chi connectivity index (χ4n) is 1.54. The van der Waals surface area contributed by atoms with Crippen molar-refractivity contribution >= 4 is 0 Å². The Bertz CT molecular complexity index is 537. The van der Waals surface area contributed by atoms with Crippen LogP contribution in [0.1, 0.15) is 11.3 Å². The molecule has 2 nitrogen and oxygen atoms in total. The van der Waals surface area contributed by atoms with Crippen LogP contribution in [0.25, 0.3) is 11.3 Å². The molecule has 0 spiro atoms. The minimum atomic E-state index is -0.303. The van der Waals surface area contributed by atoms with Gasteiger partial charge in [-0.1, -0.05) is 11.6 Å². The Labute approximate surface area is 93.4 Å². The summed E-state index contributed by atoms with van der Waals surface area (Å²) < 4.78 is 13.6. The summed E-state index contributed by atoms with van der Waals surface area (Å²) >= 11 is 0. The highest BCUT2D eigenvalue weighted by Gasteiger charge is 2.08. The maximum Gasteiger partial charge on any atom is 0.136 e. The lowest BCUT2D eigenvalue weighted by Gasteiger charge is -2.06. The highest BCUT2D eigenvalue weighted by Crippen LogP contribution is 2.25. The molecule has 0 bridgehead atoms. The minimum absolute atomic E-state index is 0.122. The molecular formula is C13H12FNO. The number of pyridine rings is 1. The van der Waals surface area contributed by atoms with E-state index in [2.05, 4.69) is 4.98 Å². The first-order chi connectivity index (χ1) is 7.58. The van der Waals surface area contributed by atoms with Gasteiger partial charge in [0.05, 0.1) is 11.4 Å². The summed E-state index contributed by atoms with van der Waals surface area (Å²) in [7, 11) is 0. The zero-order valence-corrected chi connectivity index (χ0v) is 9.16. The van der Waals surface area contributed by atoms with E-state index in [-0.39, 0.29) is 11.6 Å². The molecule has 0 aliphatic heterocycles. The summed E-state index contributed by atoms with van der Waals surface area (Å²) in [5.41, 5.74) is 2.47. The van der Waals surface area contributed by atoms with E-state index in [1.165, 1.54) is 12.1 Å². The molecule has 0 atom stereocenters. The highest BCUT2D eigenvalue weighted by atomic mass is 19.1. The van der Waals surface area contributed by atoms with Gasteiger partial charge in [0.1, 0.15) is 11.6 Å². The number of benzene rings is 1. The number of aryl methyl sites for hydroxylation is 2. The molecule has 16 heavy (non-hydrogen) atoms. The Balaban J connectivity index is 2.58. The summed E-state index contributed by atoms with van der Waals surface area (Å²) in [6, 6.07) is 8.02. The molecule has 0 saturated carbocycles. The second-order valence-corrected chi connectivity index (χ2v) is 3.78. The fraction of sp³-hybridized carbons (Fsp3) is 0.154. The van der Waals surface area contributed by atoms with E-state index in [0.29, 0.717) is 17.0 Å². The van der Waals surface area contributed by atoms with Crippen molar-refractivity contribution in [3.63, 3.8) is 0 Å². The summed E-state index contributed by atoms with van der Waals surface area (Å²) in [6.07, 6.45) is 0. The number of halogens is 1. The molecule has 1 aromatic carbocycles. The summed E-state index contributed by atoms with van der Waals surface area (Å²) in [5.74, 6) is -0.181. The maximum absolute atomic E-state index is 13.6. The fourth-order valence-corrected chi connectivity index (χ4v) is 1.54. The van der Waals surface area contributed by atoms with Crippen LogP contribution in [0.2, 0.25) is 0 Å². The van der Waals surface area contributed by atoms with Crippen LogP contribution in [-0.4, -0.2) is 10.1 Å². The Hall–Kier alpha value is -1.90. The predicted octanol–water partition coefficient (Wildman–Crippen LogP) is 3.21. The Morgan fingerprint density at radius 2 is 1.88 bits per heavy atom. The zero-order chi connectivity index (χ0) is 11.7. The number of rotatable bonds is 1. The quantitative estimate of drug-likeness (QED) is 0.795. The molecule has 0 aliphatic rings. The van der Waals surface area contributed by atoms with Crippen LogP contribution in [0.3, 0.4) is 0 Å². The standard InChI is InChI=1S/C13H12FNO/c1-8-3-4-11(14)10(7-8)12-5-6-13(16)9(2)15-12/h3-7,16H,1-2H3. The molecule has 2 rings (SSSR count). The molecule has 0 aliphatic carbocycles. The van der Waals surface area contributed by atoms with Crippen molar-refractivity contribution in [2.45, 2.75) is 13.8 Å². The number of hydrogen-bond acceptors (Lipinski definition) is 2. The van der Waals surface area contributed by atoms with Crippen LogP contribution >= 0.6 is 0 Å². The van der Waals surface area contributed by atoms with Gasteiger partial charge < -0.3 is 5.11 Å². The normalized spacial score (nSPS) is 10.4. The molecule has 0 amide bonds. The number of hydrogen-bond donors (Lipinski definition) is 1. The van der Waals surface area contributed by atoms with Crippen LogP contribution in [-0.2, 0) is 0 Å². The third-order valence-electron chi connectivity index (χ3n) is 2.46. The van der Waals surface area contributed by atoms with Crippen molar-refractivity contribution in [3.8, 4) is 17.0 Å². The second-order valence-electron chi connectivity index (χ2n) is 3.78. The van der Waals surface area contributed by atoms with Crippen molar-refractivity contribution < 1.29 is 9.50 Å². The second kappa shape index (κ2) is 3.93. The Morgan fingerprint density at radius 3 is 2.56 bits per heavy atom. The van der Waals surface area contributed by atoms with Crippen molar-refractivity contribution in [2.75, 3.05) is 0 Å². The first-order valence-corrected chi connectivity index (χ1v) is 5.01. The van der Waals surface area contributed by atoms with Gasteiger partial charge in [-0.05, 0) is 38.1 Å². The third-order valence-corrected chi connectivity index (χ3v) is 2.46. The van der Waals surface area contributed by atoms with Gasteiger partial charge in [-0.3, -0.25) is 0 Å². The molecule has 1 aromatic heterocycles. The molecule has 3 heteroatoms. The predicted molar refractivity (Wildman–Crippen MR) is 60.8 cm³/mol. The zero-order valence-electron chi connectivity index (χ0n) is 9.16. The van der Waals surface area contributed by atoms with Crippen LogP contribution in [0.4, 0.5) is 4.39 Å². The lowest BCUT2D eigenvalue weighted by atomic mass is 10.1. The smallest absolute Gasteiger partial charge is 0.136 e. The molecule has 1 N–H and O–H groups in total. The van der Waals surface area contributed by atoms with Gasteiger partial charge in [-0.2, -0.15) is 0 Å². The first-order valence-electron chi connectivity index (χ1n) is 5.01. The van der Waals surface area contributed by atoms with Gasteiger partial charge in [-0.25, -0.2) is 9.37 Å². The average Bonchev–Trinajstić information content (AvgIpc) is 2.26. The SMILES string of the molecule is Cc1ccc(F)c(-c2ccc(O)c(C)n2)c1. The number of aromatic hydroxyl groups is 1. The molecule has 0 fully saturated rings. The summed E-state index contributed by atoms with van der Waals surface area (Å²) in [6.45, 7) is 3.59. The van der Waals surface area contributed by atoms with Gasteiger partial charge in [0.25, 0.3) is 0 Å². The first kappa shape index (κ1) is 10.6. The van der Waals surface area contributed by atoms with Crippen LogP contribution in [0.5, 0.6) is 5.75 Å². The van der Waals surface area contributed by atoms with E-state index in [9.17, 15) is 9.50 Å². The molecular weight excluding hydrogens is 205 g/mol. The molecule has 82 valence electrons. The lowest BCUT2D eigenvalue weighted by molar-refractivity contribution is 0.468. The molecule has 2 aromatic rings. The summed E-state index contributed by atoms with van der Waals surface area (Å²) in [5, 5.41) is 9.36.